The molecule has 6 heterocycles. The van der Waals surface area contributed by atoms with Gasteiger partial charge < -0.3 is 19.9 Å². The van der Waals surface area contributed by atoms with Gasteiger partial charge in [-0.15, -0.1) is 0 Å². The van der Waals surface area contributed by atoms with Gasteiger partial charge in [-0.2, -0.15) is 10.1 Å². The van der Waals surface area contributed by atoms with E-state index in [9.17, 15) is 4.79 Å². The number of morpholine rings is 1. The Morgan fingerprint density at radius 1 is 1.06 bits per heavy atom. The summed E-state index contributed by atoms with van der Waals surface area (Å²) in [5.74, 6) is 1.05. The lowest BCUT2D eigenvalue weighted by Crippen LogP contribution is -2.36. The van der Waals surface area contributed by atoms with Gasteiger partial charge in [-0.1, -0.05) is 11.3 Å². The van der Waals surface area contributed by atoms with Gasteiger partial charge in [-0.05, 0) is 37.8 Å². The van der Waals surface area contributed by atoms with Crippen molar-refractivity contribution in [3.8, 4) is 0 Å². The highest BCUT2D eigenvalue weighted by Crippen LogP contribution is 2.44. The summed E-state index contributed by atoms with van der Waals surface area (Å²) in [6.45, 7) is 5.09. The Labute approximate surface area is 205 Å². The van der Waals surface area contributed by atoms with Crippen LogP contribution < -0.4 is 15.1 Å². The lowest BCUT2D eigenvalue weighted by molar-refractivity contribution is 0.102. The number of carbonyl (C=O) groups is 1. The first-order chi connectivity index (χ1) is 17.2. The van der Waals surface area contributed by atoms with Crippen LogP contribution in [-0.2, 0) is 4.74 Å². The molecule has 7 rings (SSSR count). The molecule has 1 aliphatic carbocycles. The average molecular weight is 491 g/mol. The summed E-state index contributed by atoms with van der Waals surface area (Å²) in [4.78, 5) is 32.4. The maximum absolute atomic E-state index is 13.4. The first kappa shape index (κ1) is 21.0. The number of ether oxygens (including phenoxy) is 1. The van der Waals surface area contributed by atoms with Gasteiger partial charge in [0.25, 0.3) is 5.91 Å². The first-order valence-electron chi connectivity index (χ1n) is 12.3. The van der Waals surface area contributed by atoms with E-state index in [1.807, 2.05) is 18.3 Å². The normalized spacial score (nSPS) is 18.6. The third kappa shape index (κ3) is 3.88. The third-order valence-corrected chi connectivity index (χ3v) is 7.98. The second-order valence-electron chi connectivity index (χ2n) is 9.37. The Morgan fingerprint density at radius 2 is 1.89 bits per heavy atom. The smallest absolute Gasteiger partial charge is 0.261 e. The quantitative estimate of drug-likeness (QED) is 0.455. The second-order valence-corrected chi connectivity index (χ2v) is 10.4. The molecule has 0 spiro atoms. The van der Waals surface area contributed by atoms with E-state index in [0.717, 1.165) is 71.7 Å². The fourth-order valence-corrected chi connectivity index (χ4v) is 5.86. The molecule has 4 aromatic rings. The van der Waals surface area contributed by atoms with Gasteiger partial charge in [-0.25, -0.2) is 14.5 Å². The summed E-state index contributed by atoms with van der Waals surface area (Å²) in [5, 5.41) is 8.45. The maximum atomic E-state index is 13.4. The molecule has 35 heavy (non-hydrogen) atoms. The minimum atomic E-state index is -0.216. The highest BCUT2D eigenvalue weighted by Gasteiger charge is 2.30. The molecule has 10 nitrogen and oxygen atoms in total. The van der Waals surface area contributed by atoms with Crippen LogP contribution in [0.3, 0.4) is 0 Å². The molecular formula is C24H26N8O2S. The highest BCUT2D eigenvalue weighted by atomic mass is 32.1. The van der Waals surface area contributed by atoms with Crippen LogP contribution in [0.5, 0.6) is 0 Å². The van der Waals surface area contributed by atoms with Crippen molar-refractivity contribution in [2.75, 3.05) is 54.5 Å². The zero-order valence-electron chi connectivity index (χ0n) is 19.3. The Hall–Kier alpha value is -3.31. The number of fused-ring (bicyclic) bond motifs is 2. The standard InChI is InChI=1S/C24H26N8O2S/c33-23(16-14-25-32-8-5-19(27-22(16)32)30-6-1-2-7-30)26-17-13-18-21(28-20(17)15-3-4-15)29-24(35-18)31-9-11-34-12-10-31/h5,8,13-15H,1-4,6-7,9-12H2,(H,26,33). The zero-order chi connectivity index (χ0) is 23.4. The first-order valence-corrected chi connectivity index (χ1v) is 13.1. The predicted octanol–water partition coefficient (Wildman–Crippen LogP) is 3.30. The van der Waals surface area contributed by atoms with Gasteiger partial charge >= 0.3 is 0 Å². The number of thiazole rings is 1. The van der Waals surface area contributed by atoms with E-state index >= 15 is 0 Å². The Bertz CT molecular complexity index is 1420. The third-order valence-electron chi connectivity index (χ3n) is 6.92. The van der Waals surface area contributed by atoms with Crippen molar-refractivity contribution in [3.05, 3.63) is 35.8 Å². The summed E-state index contributed by atoms with van der Waals surface area (Å²) in [6.07, 6.45) is 7.98. The molecule has 4 aromatic heterocycles. The summed E-state index contributed by atoms with van der Waals surface area (Å²) >= 11 is 1.61. The number of amides is 1. The molecule has 2 aliphatic heterocycles. The molecule has 0 aromatic carbocycles. The topological polar surface area (TPSA) is 101 Å². The molecule has 1 saturated carbocycles. The molecule has 1 N–H and O–H groups in total. The van der Waals surface area contributed by atoms with E-state index < -0.39 is 0 Å². The number of hydrogen-bond donors (Lipinski definition) is 1. The number of anilines is 3. The molecule has 2 saturated heterocycles. The lowest BCUT2D eigenvalue weighted by atomic mass is 10.2. The van der Waals surface area contributed by atoms with E-state index in [0.29, 0.717) is 30.3 Å². The molecule has 0 unspecified atom stereocenters. The summed E-state index contributed by atoms with van der Waals surface area (Å²) in [6, 6.07) is 4.00. The molecule has 0 atom stereocenters. The molecule has 1 amide bonds. The highest BCUT2D eigenvalue weighted by molar-refractivity contribution is 7.22. The van der Waals surface area contributed by atoms with Crippen molar-refractivity contribution < 1.29 is 9.53 Å². The van der Waals surface area contributed by atoms with Gasteiger partial charge in [0.15, 0.2) is 16.4 Å². The number of hydrogen-bond acceptors (Lipinski definition) is 9. The van der Waals surface area contributed by atoms with Crippen LogP contribution in [-0.4, -0.2) is 69.9 Å². The zero-order valence-corrected chi connectivity index (χ0v) is 20.1. The molecule has 0 radical (unpaired) electrons. The monoisotopic (exact) mass is 490 g/mol. The molecule has 180 valence electrons. The van der Waals surface area contributed by atoms with E-state index in [-0.39, 0.29) is 5.91 Å². The van der Waals surface area contributed by atoms with Crippen LogP contribution in [0.4, 0.5) is 16.6 Å². The lowest BCUT2D eigenvalue weighted by Gasteiger charge is -2.25. The Morgan fingerprint density at radius 3 is 2.69 bits per heavy atom. The maximum Gasteiger partial charge on any atom is 0.261 e. The van der Waals surface area contributed by atoms with Crippen molar-refractivity contribution in [1.82, 2.24) is 24.6 Å². The van der Waals surface area contributed by atoms with Crippen LogP contribution in [0.25, 0.3) is 16.0 Å². The minimum absolute atomic E-state index is 0.216. The van der Waals surface area contributed by atoms with Crippen LogP contribution in [0, 0.1) is 0 Å². The average Bonchev–Trinajstić information content (AvgIpc) is 3.26. The van der Waals surface area contributed by atoms with E-state index in [1.165, 1.54) is 12.8 Å². The van der Waals surface area contributed by atoms with Crippen molar-refractivity contribution in [1.29, 1.82) is 0 Å². The van der Waals surface area contributed by atoms with Gasteiger partial charge in [0.2, 0.25) is 0 Å². The van der Waals surface area contributed by atoms with Crippen molar-refractivity contribution >= 4 is 49.9 Å². The van der Waals surface area contributed by atoms with E-state index in [4.69, 9.17) is 19.7 Å². The summed E-state index contributed by atoms with van der Waals surface area (Å²) in [5.41, 5.74) is 3.47. The van der Waals surface area contributed by atoms with E-state index in [1.54, 1.807) is 22.0 Å². The number of carbonyl (C=O) groups excluding carboxylic acids is 1. The van der Waals surface area contributed by atoms with Crippen molar-refractivity contribution in [3.63, 3.8) is 0 Å². The SMILES string of the molecule is O=C(Nc1cc2sc(N3CCOCC3)nc2nc1C1CC1)c1cnn2ccc(N3CCCC3)nc12. The van der Waals surface area contributed by atoms with Gasteiger partial charge in [0, 0.05) is 38.3 Å². The van der Waals surface area contributed by atoms with Gasteiger partial charge in [0.1, 0.15) is 11.4 Å². The van der Waals surface area contributed by atoms with Gasteiger partial charge in [0.05, 0.1) is 35.5 Å². The minimum Gasteiger partial charge on any atom is -0.378 e. The predicted molar refractivity (Wildman–Crippen MR) is 135 cm³/mol. The Kier molecular flexibility index (Phi) is 5.05. The van der Waals surface area contributed by atoms with Gasteiger partial charge in [-0.3, -0.25) is 4.79 Å². The van der Waals surface area contributed by atoms with Crippen LogP contribution in [0.15, 0.2) is 24.5 Å². The van der Waals surface area contributed by atoms with E-state index in [2.05, 4.69) is 20.2 Å². The number of nitrogens with one attached hydrogen (secondary N) is 1. The molecule has 0 bridgehead atoms. The molecular weight excluding hydrogens is 464 g/mol. The number of aromatic nitrogens is 5. The number of pyridine rings is 1. The van der Waals surface area contributed by atoms with Crippen LogP contribution in [0.2, 0.25) is 0 Å². The second kappa shape index (κ2) is 8.42. The Balaban J connectivity index is 1.21. The van der Waals surface area contributed by atoms with Crippen LogP contribution >= 0.6 is 11.3 Å². The largest absolute Gasteiger partial charge is 0.378 e. The summed E-state index contributed by atoms with van der Waals surface area (Å²) < 4.78 is 8.11. The van der Waals surface area contributed by atoms with Crippen LogP contribution in [0.1, 0.15) is 47.7 Å². The van der Waals surface area contributed by atoms with Crippen molar-refractivity contribution in [2.24, 2.45) is 0 Å². The fraction of sp³-hybridized carbons (Fsp3) is 0.458. The number of rotatable bonds is 5. The molecule has 3 fully saturated rings. The fourth-order valence-electron chi connectivity index (χ4n) is 4.86. The summed E-state index contributed by atoms with van der Waals surface area (Å²) in [7, 11) is 0. The molecule has 3 aliphatic rings. The molecule has 11 heteroatoms. The number of nitrogens with zero attached hydrogens (tertiary/aromatic N) is 7. The van der Waals surface area contributed by atoms with Crippen molar-refractivity contribution in [2.45, 2.75) is 31.6 Å².